The monoisotopic (exact) mass is 341 g/mol. The van der Waals surface area contributed by atoms with Gasteiger partial charge in [-0.2, -0.15) is 0 Å². The molecule has 0 amide bonds. The first-order valence-corrected chi connectivity index (χ1v) is 8.92. The molecule has 2 rings (SSSR count). The van der Waals surface area contributed by atoms with Gasteiger partial charge in [-0.05, 0) is 36.4 Å². The van der Waals surface area contributed by atoms with Crippen LogP contribution in [-0.2, 0) is 10.8 Å². The van der Waals surface area contributed by atoms with Crippen LogP contribution in [-0.4, -0.2) is 29.1 Å². The largest absolute Gasteiger partial charge is 0.369 e. The van der Waals surface area contributed by atoms with Crippen molar-refractivity contribution in [3.8, 4) is 0 Å². The van der Waals surface area contributed by atoms with Crippen LogP contribution in [0.2, 0.25) is 0 Å². The zero-order valence-electron chi connectivity index (χ0n) is 11.5. The van der Waals surface area contributed by atoms with Crippen molar-refractivity contribution < 1.29 is 4.21 Å². The van der Waals surface area contributed by atoms with Crippen LogP contribution in [0.25, 0.3) is 0 Å². The third kappa shape index (κ3) is 4.47. The van der Waals surface area contributed by atoms with E-state index >= 15 is 0 Å². The molecular weight excluding hydrogens is 325 g/mol. The molecule has 5 heteroatoms. The smallest absolute Gasteiger partial charge is 0.0849 e. The Morgan fingerprint density at radius 3 is 1.86 bits per heavy atom. The Hall–Kier alpha value is -1.03. The predicted octanol–water partition coefficient (Wildman–Crippen LogP) is 4.14. The lowest BCUT2D eigenvalue weighted by Gasteiger charge is -2.22. The summed E-state index contributed by atoms with van der Waals surface area (Å²) in [6, 6.07) is 17.2. The van der Waals surface area contributed by atoms with Gasteiger partial charge in [0.15, 0.2) is 0 Å². The summed E-state index contributed by atoms with van der Waals surface area (Å²) < 4.78 is 12.4. The molecule has 0 bridgehead atoms. The summed E-state index contributed by atoms with van der Waals surface area (Å²) in [5.41, 5.74) is 1.05. The van der Waals surface area contributed by atoms with Gasteiger partial charge in [0.25, 0.3) is 0 Å². The van der Waals surface area contributed by atoms with Gasteiger partial charge in [0.05, 0.1) is 10.8 Å². The number of alkyl halides is 2. The molecule has 0 saturated heterocycles. The molecule has 2 aromatic rings. The van der Waals surface area contributed by atoms with Crippen LogP contribution in [0, 0.1) is 0 Å². The van der Waals surface area contributed by atoms with Gasteiger partial charge in [-0.3, -0.25) is 0 Å². The van der Waals surface area contributed by atoms with Crippen molar-refractivity contribution in [3.63, 3.8) is 0 Å². The highest BCUT2D eigenvalue weighted by Gasteiger charge is 2.09. The Bertz CT molecular complexity index is 569. The number of hydrogen-bond donors (Lipinski definition) is 0. The SMILES string of the molecule is O=[S@](c1ccccc1)c1ccc(N(CCCl)CCCl)cc1. The Kier molecular flexibility index (Phi) is 6.55. The maximum absolute atomic E-state index is 12.4. The molecule has 0 aromatic heterocycles. The minimum atomic E-state index is -1.15. The Morgan fingerprint density at radius 2 is 1.33 bits per heavy atom. The third-order valence-electron chi connectivity index (χ3n) is 3.08. The van der Waals surface area contributed by atoms with Gasteiger partial charge in [-0.1, -0.05) is 18.2 Å². The Morgan fingerprint density at radius 1 is 0.810 bits per heavy atom. The van der Waals surface area contributed by atoms with Crippen LogP contribution in [0.15, 0.2) is 64.4 Å². The lowest BCUT2D eigenvalue weighted by atomic mass is 10.3. The van der Waals surface area contributed by atoms with Crippen molar-refractivity contribution in [2.45, 2.75) is 9.79 Å². The molecule has 0 radical (unpaired) electrons. The zero-order chi connectivity index (χ0) is 15.1. The van der Waals surface area contributed by atoms with E-state index in [9.17, 15) is 4.21 Å². The molecule has 1 atom stereocenters. The summed E-state index contributed by atoms with van der Waals surface area (Å²) in [5, 5.41) is 0. The highest BCUT2D eigenvalue weighted by molar-refractivity contribution is 7.85. The third-order valence-corrected chi connectivity index (χ3v) is 4.82. The van der Waals surface area contributed by atoms with Crippen LogP contribution in [0.3, 0.4) is 0 Å². The molecule has 0 aliphatic carbocycles. The van der Waals surface area contributed by atoms with Crippen LogP contribution in [0.4, 0.5) is 5.69 Å². The first-order valence-electron chi connectivity index (χ1n) is 6.70. The van der Waals surface area contributed by atoms with Crippen molar-refractivity contribution in [3.05, 3.63) is 54.6 Å². The Labute approximate surface area is 138 Å². The van der Waals surface area contributed by atoms with E-state index in [1.807, 2.05) is 54.6 Å². The standard InChI is InChI=1S/C16H17Cl2NOS/c17-10-12-19(13-11-18)14-6-8-16(9-7-14)21(20)15-4-2-1-3-5-15/h1-9H,10-13H2/t21-/m1/s1. The molecular formula is C16H17Cl2NOS. The molecule has 2 nitrogen and oxygen atoms in total. The average molecular weight is 342 g/mol. The fourth-order valence-electron chi connectivity index (χ4n) is 2.03. The Balaban J connectivity index is 2.16. The van der Waals surface area contributed by atoms with Crippen molar-refractivity contribution in [2.75, 3.05) is 29.7 Å². The maximum atomic E-state index is 12.4. The van der Waals surface area contributed by atoms with E-state index < -0.39 is 10.8 Å². The molecule has 21 heavy (non-hydrogen) atoms. The molecule has 0 fully saturated rings. The number of halogens is 2. The molecule has 0 aliphatic rings. The molecule has 0 heterocycles. The van der Waals surface area contributed by atoms with Crippen molar-refractivity contribution >= 4 is 39.7 Å². The molecule has 0 aliphatic heterocycles. The number of hydrogen-bond acceptors (Lipinski definition) is 2. The zero-order valence-corrected chi connectivity index (χ0v) is 13.9. The predicted molar refractivity (Wildman–Crippen MR) is 91.2 cm³/mol. The topological polar surface area (TPSA) is 20.3 Å². The van der Waals surface area contributed by atoms with E-state index in [1.165, 1.54) is 0 Å². The summed E-state index contributed by atoms with van der Waals surface area (Å²) in [6.45, 7) is 1.49. The molecule has 0 spiro atoms. The molecule has 0 unspecified atom stereocenters. The molecule has 2 aromatic carbocycles. The summed E-state index contributed by atoms with van der Waals surface area (Å²) in [4.78, 5) is 3.72. The second kappa shape index (κ2) is 8.42. The number of anilines is 1. The lowest BCUT2D eigenvalue weighted by molar-refractivity contribution is 0.683. The van der Waals surface area contributed by atoms with Gasteiger partial charge in [-0.25, -0.2) is 4.21 Å². The molecule has 0 saturated carbocycles. The fraction of sp³-hybridized carbons (Fsp3) is 0.250. The van der Waals surface area contributed by atoms with E-state index in [0.29, 0.717) is 11.8 Å². The fourth-order valence-corrected chi connectivity index (χ4v) is 3.50. The average Bonchev–Trinajstić information content (AvgIpc) is 2.55. The normalized spacial score (nSPS) is 12.1. The summed E-state index contributed by atoms with van der Waals surface area (Å²) in [5.74, 6) is 1.10. The molecule has 112 valence electrons. The number of benzene rings is 2. The second-order valence-corrected chi connectivity index (χ2v) is 6.68. The van der Waals surface area contributed by atoms with Gasteiger partial charge >= 0.3 is 0 Å². The van der Waals surface area contributed by atoms with E-state index in [4.69, 9.17) is 23.2 Å². The van der Waals surface area contributed by atoms with Crippen molar-refractivity contribution in [1.82, 2.24) is 0 Å². The van der Waals surface area contributed by atoms with Crippen molar-refractivity contribution in [1.29, 1.82) is 0 Å². The van der Waals surface area contributed by atoms with E-state index in [1.54, 1.807) is 0 Å². The van der Waals surface area contributed by atoms with Crippen molar-refractivity contribution in [2.24, 2.45) is 0 Å². The number of rotatable bonds is 7. The van der Waals surface area contributed by atoms with Crippen LogP contribution < -0.4 is 4.90 Å². The summed E-state index contributed by atoms with van der Waals surface area (Å²) >= 11 is 11.6. The van der Waals surface area contributed by atoms with E-state index in [0.717, 1.165) is 28.6 Å². The van der Waals surface area contributed by atoms with Crippen LogP contribution in [0.5, 0.6) is 0 Å². The van der Waals surface area contributed by atoms with Crippen LogP contribution in [0.1, 0.15) is 0 Å². The lowest BCUT2D eigenvalue weighted by Crippen LogP contribution is -2.27. The van der Waals surface area contributed by atoms with Gasteiger partial charge < -0.3 is 4.90 Å². The number of nitrogens with zero attached hydrogens (tertiary/aromatic N) is 1. The van der Waals surface area contributed by atoms with Gasteiger partial charge in [0.1, 0.15) is 0 Å². The maximum Gasteiger partial charge on any atom is 0.0849 e. The van der Waals surface area contributed by atoms with E-state index in [2.05, 4.69) is 4.90 Å². The van der Waals surface area contributed by atoms with Gasteiger partial charge in [0.2, 0.25) is 0 Å². The first kappa shape index (κ1) is 16.3. The van der Waals surface area contributed by atoms with Gasteiger partial charge in [-0.15, -0.1) is 23.2 Å². The summed E-state index contributed by atoms with van der Waals surface area (Å²) in [6.07, 6.45) is 0. The summed E-state index contributed by atoms with van der Waals surface area (Å²) in [7, 11) is -1.15. The minimum absolute atomic E-state index is 0.550. The van der Waals surface area contributed by atoms with E-state index in [-0.39, 0.29) is 0 Å². The quantitative estimate of drug-likeness (QED) is 0.705. The highest BCUT2D eigenvalue weighted by atomic mass is 35.5. The highest BCUT2D eigenvalue weighted by Crippen LogP contribution is 2.20. The minimum Gasteiger partial charge on any atom is -0.369 e. The first-order chi connectivity index (χ1) is 10.3. The molecule has 0 N–H and O–H groups in total. The second-order valence-electron chi connectivity index (χ2n) is 4.44. The van der Waals surface area contributed by atoms with Crippen LogP contribution >= 0.6 is 23.2 Å². The van der Waals surface area contributed by atoms with Gasteiger partial charge in [0, 0.05) is 40.3 Å².